The standard InChI is InChI=1S/C23H17FN2O2S/c1-29-21-9-5-4-8-19(21)26-22(27)17-6-2-3-7-18(17)23-25-14-20(28-23)15-10-12-16(24)13-11-15/h2-14H,1H3,(H,26,27). The van der Waals surface area contributed by atoms with Gasteiger partial charge in [0.05, 0.1) is 17.4 Å². The molecule has 0 spiro atoms. The predicted molar refractivity (Wildman–Crippen MR) is 114 cm³/mol. The van der Waals surface area contributed by atoms with E-state index in [1.165, 1.54) is 12.1 Å². The van der Waals surface area contributed by atoms with Crippen LogP contribution in [0.3, 0.4) is 0 Å². The third-order valence-corrected chi connectivity index (χ3v) is 5.19. The van der Waals surface area contributed by atoms with E-state index in [0.717, 1.165) is 10.6 Å². The van der Waals surface area contributed by atoms with Crippen LogP contribution in [0.5, 0.6) is 0 Å². The molecule has 1 amide bonds. The summed E-state index contributed by atoms with van der Waals surface area (Å²) in [4.78, 5) is 18.3. The van der Waals surface area contributed by atoms with Gasteiger partial charge in [0, 0.05) is 16.0 Å². The van der Waals surface area contributed by atoms with Crippen LogP contribution >= 0.6 is 11.8 Å². The quantitative estimate of drug-likeness (QED) is 0.407. The largest absolute Gasteiger partial charge is 0.436 e. The zero-order chi connectivity index (χ0) is 20.2. The first-order valence-corrected chi connectivity index (χ1v) is 10.1. The number of nitrogens with zero attached hydrogens (tertiary/aromatic N) is 1. The van der Waals surface area contributed by atoms with Crippen molar-refractivity contribution in [1.82, 2.24) is 4.98 Å². The average molecular weight is 404 g/mol. The van der Waals surface area contributed by atoms with Crippen molar-refractivity contribution < 1.29 is 13.6 Å². The van der Waals surface area contributed by atoms with Crippen LogP contribution in [0, 0.1) is 5.82 Å². The molecule has 0 saturated heterocycles. The number of rotatable bonds is 5. The van der Waals surface area contributed by atoms with Crippen LogP contribution in [-0.4, -0.2) is 17.1 Å². The Bertz CT molecular complexity index is 1160. The van der Waals surface area contributed by atoms with E-state index in [1.54, 1.807) is 48.3 Å². The minimum absolute atomic E-state index is 0.247. The third kappa shape index (κ3) is 4.07. The molecule has 0 aliphatic carbocycles. The number of anilines is 1. The number of halogens is 1. The number of benzene rings is 3. The van der Waals surface area contributed by atoms with Crippen LogP contribution in [0.25, 0.3) is 22.8 Å². The lowest BCUT2D eigenvalue weighted by Crippen LogP contribution is -2.13. The van der Waals surface area contributed by atoms with Crippen LogP contribution in [0.4, 0.5) is 10.1 Å². The van der Waals surface area contributed by atoms with Crippen LogP contribution < -0.4 is 5.32 Å². The van der Waals surface area contributed by atoms with E-state index in [9.17, 15) is 9.18 Å². The molecule has 0 unspecified atom stereocenters. The molecule has 4 aromatic rings. The molecule has 1 aromatic heterocycles. The van der Waals surface area contributed by atoms with Crippen molar-refractivity contribution in [3.05, 3.63) is 90.4 Å². The molecule has 0 saturated carbocycles. The lowest BCUT2D eigenvalue weighted by atomic mass is 10.1. The highest BCUT2D eigenvalue weighted by Crippen LogP contribution is 2.30. The van der Waals surface area contributed by atoms with Gasteiger partial charge in [-0.15, -0.1) is 11.8 Å². The van der Waals surface area contributed by atoms with E-state index < -0.39 is 0 Å². The topological polar surface area (TPSA) is 55.1 Å². The molecule has 4 nitrogen and oxygen atoms in total. The summed E-state index contributed by atoms with van der Waals surface area (Å²) in [5.41, 5.74) is 2.50. The minimum Gasteiger partial charge on any atom is -0.436 e. The number of amides is 1. The number of aromatic nitrogens is 1. The fourth-order valence-corrected chi connectivity index (χ4v) is 3.51. The summed E-state index contributed by atoms with van der Waals surface area (Å²) in [6.07, 6.45) is 3.53. The summed E-state index contributed by atoms with van der Waals surface area (Å²) in [6, 6.07) is 20.7. The molecule has 6 heteroatoms. The monoisotopic (exact) mass is 404 g/mol. The Morgan fingerprint density at radius 1 is 1.00 bits per heavy atom. The Morgan fingerprint density at radius 3 is 2.52 bits per heavy atom. The predicted octanol–water partition coefficient (Wildman–Crippen LogP) is 6.12. The number of hydrogen-bond donors (Lipinski definition) is 1. The number of nitrogens with one attached hydrogen (secondary N) is 1. The molecule has 1 heterocycles. The number of carbonyl (C=O) groups is 1. The fraction of sp³-hybridized carbons (Fsp3) is 0.0435. The zero-order valence-corrected chi connectivity index (χ0v) is 16.4. The summed E-state index contributed by atoms with van der Waals surface area (Å²) < 4.78 is 19.0. The Hall–Kier alpha value is -3.38. The Kier molecular flexibility index (Phi) is 5.44. The van der Waals surface area contributed by atoms with E-state index >= 15 is 0 Å². The second-order valence-corrected chi connectivity index (χ2v) is 7.08. The maximum Gasteiger partial charge on any atom is 0.256 e. The Morgan fingerprint density at radius 2 is 1.72 bits per heavy atom. The first kappa shape index (κ1) is 19.0. The van der Waals surface area contributed by atoms with Gasteiger partial charge in [0.1, 0.15) is 5.82 Å². The number of thioether (sulfide) groups is 1. The Balaban J connectivity index is 1.65. The van der Waals surface area contributed by atoms with Crippen LogP contribution in [-0.2, 0) is 0 Å². The number of oxazole rings is 1. The molecule has 0 radical (unpaired) electrons. The van der Waals surface area contributed by atoms with Crippen LogP contribution in [0.1, 0.15) is 10.4 Å². The maximum absolute atomic E-state index is 13.2. The van der Waals surface area contributed by atoms with Gasteiger partial charge < -0.3 is 9.73 Å². The van der Waals surface area contributed by atoms with Crippen LogP contribution in [0.2, 0.25) is 0 Å². The second kappa shape index (κ2) is 8.32. The van der Waals surface area contributed by atoms with Crippen molar-refractivity contribution in [1.29, 1.82) is 0 Å². The lowest BCUT2D eigenvalue weighted by molar-refractivity contribution is 0.102. The van der Waals surface area contributed by atoms with Crippen molar-refractivity contribution >= 4 is 23.4 Å². The molecule has 0 bridgehead atoms. The van der Waals surface area contributed by atoms with Crippen molar-refractivity contribution in [3.63, 3.8) is 0 Å². The average Bonchev–Trinajstić information content (AvgIpc) is 3.25. The van der Waals surface area contributed by atoms with Gasteiger partial charge in [-0.25, -0.2) is 9.37 Å². The zero-order valence-electron chi connectivity index (χ0n) is 15.6. The van der Waals surface area contributed by atoms with Gasteiger partial charge >= 0.3 is 0 Å². The first-order chi connectivity index (χ1) is 14.2. The van der Waals surface area contributed by atoms with Crippen molar-refractivity contribution in [2.45, 2.75) is 4.90 Å². The molecule has 1 N–H and O–H groups in total. The molecule has 3 aromatic carbocycles. The van der Waals surface area contributed by atoms with Gasteiger partial charge in [-0.2, -0.15) is 0 Å². The molecule has 4 rings (SSSR count). The summed E-state index contributed by atoms with van der Waals surface area (Å²) in [5.74, 6) is 0.265. The van der Waals surface area contributed by atoms with E-state index in [1.807, 2.05) is 36.6 Å². The summed E-state index contributed by atoms with van der Waals surface area (Å²) in [5, 5.41) is 2.96. The number of para-hydroxylation sites is 1. The highest BCUT2D eigenvalue weighted by molar-refractivity contribution is 7.98. The lowest BCUT2D eigenvalue weighted by Gasteiger charge is -2.11. The van der Waals surface area contributed by atoms with Gasteiger partial charge in [-0.05, 0) is 54.8 Å². The highest BCUT2D eigenvalue weighted by atomic mass is 32.2. The number of carbonyl (C=O) groups excluding carboxylic acids is 1. The molecular weight excluding hydrogens is 387 g/mol. The molecule has 0 aliphatic heterocycles. The molecule has 29 heavy (non-hydrogen) atoms. The molecule has 0 atom stereocenters. The first-order valence-electron chi connectivity index (χ1n) is 8.91. The molecule has 144 valence electrons. The number of hydrogen-bond acceptors (Lipinski definition) is 4. The van der Waals surface area contributed by atoms with Gasteiger partial charge in [0.2, 0.25) is 5.89 Å². The van der Waals surface area contributed by atoms with E-state index in [0.29, 0.717) is 28.3 Å². The van der Waals surface area contributed by atoms with Crippen molar-refractivity contribution in [2.75, 3.05) is 11.6 Å². The van der Waals surface area contributed by atoms with E-state index in [4.69, 9.17) is 4.42 Å². The van der Waals surface area contributed by atoms with Gasteiger partial charge in [-0.1, -0.05) is 24.3 Å². The Labute approximate surface area is 171 Å². The molecule has 0 aliphatic rings. The molecule has 0 fully saturated rings. The van der Waals surface area contributed by atoms with Gasteiger partial charge in [-0.3, -0.25) is 4.79 Å². The third-order valence-electron chi connectivity index (χ3n) is 4.39. The summed E-state index contributed by atoms with van der Waals surface area (Å²) in [6.45, 7) is 0. The van der Waals surface area contributed by atoms with Crippen molar-refractivity contribution in [2.24, 2.45) is 0 Å². The second-order valence-electron chi connectivity index (χ2n) is 6.24. The van der Waals surface area contributed by atoms with E-state index in [2.05, 4.69) is 10.3 Å². The summed E-state index contributed by atoms with van der Waals surface area (Å²) in [7, 11) is 0. The van der Waals surface area contributed by atoms with Gasteiger partial charge in [0.15, 0.2) is 5.76 Å². The summed E-state index contributed by atoms with van der Waals surface area (Å²) >= 11 is 1.56. The molecular formula is C23H17FN2O2S. The smallest absolute Gasteiger partial charge is 0.256 e. The van der Waals surface area contributed by atoms with Crippen LogP contribution in [0.15, 0.2) is 88.3 Å². The fourth-order valence-electron chi connectivity index (χ4n) is 2.95. The normalized spacial score (nSPS) is 10.7. The maximum atomic E-state index is 13.2. The SMILES string of the molecule is CSc1ccccc1NC(=O)c1ccccc1-c1ncc(-c2ccc(F)cc2)o1. The van der Waals surface area contributed by atoms with Gasteiger partial charge in [0.25, 0.3) is 5.91 Å². The highest BCUT2D eigenvalue weighted by Gasteiger charge is 2.18. The minimum atomic E-state index is -0.318. The van der Waals surface area contributed by atoms with Crippen molar-refractivity contribution in [3.8, 4) is 22.8 Å². The van der Waals surface area contributed by atoms with E-state index in [-0.39, 0.29) is 11.7 Å².